The van der Waals surface area contributed by atoms with Crippen LogP contribution in [0.2, 0.25) is 0 Å². The number of aromatic nitrogens is 1. The van der Waals surface area contributed by atoms with Gasteiger partial charge in [-0.25, -0.2) is 4.98 Å². The van der Waals surface area contributed by atoms with Gasteiger partial charge < -0.3 is 14.7 Å². The smallest absolute Gasteiger partial charge is 0.225 e. The van der Waals surface area contributed by atoms with E-state index in [0.717, 1.165) is 43.8 Å². The van der Waals surface area contributed by atoms with E-state index in [2.05, 4.69) is 4.98 Å². The third-order valence-corrected chi connectivity index (χ3v) is 5.94. The Labute approximate surface area is 127 Å². The second kappa shape index (κ2) is 4.76. The van der Waals surface area contributed by atoms with Crippen molar-refractivity contribution in [2.45, 2.75) is 43.3 Å². The van der Waals surface area contributed by atoms with Crippen LogP contribution >= 0.6 is 11.3 Å². The molecular formula is C15H20N2O3S. The SMILES string of the molecule is O=C(C1CC1)N1CCC2(CC1)CC(O)(c1nccs1)CO2. The van der Waals surface area contributed by atoms with Crippen LogP contribution in [0.5, 0.6) is 0 Å². The quantitative estimate of drug-likeness (QED) is 0.900. The Balaban J connectivity index is 1.42. The minimum atomic E-state index is -0.948. The number of nitrogens with zero attached hydrogens (tertiary/aromatic N) is 2. The van der Waals surface area contributed by atoms with Gasteiger partial charge in [-0.15, -0.1) is 11.3 Å². The van der Waals surface area contributed by atoms with Gasteiger partial charge >= 0.3 is 0 Å². The third kappa shape index (κ3) is 2.39. The van der Waals surface area contributed by atoms with E-state index in [-0.39, 0.29) is 11.5 Å². The molecule has 4 rings (SSSR count). The molecule has 2 saturated heterocycles. The van der Waals surface area contributed by atoms with Gasteiger partial charge in [0.05, 0.1) is 12.2 Å². The molecule has 1 spiro atoms. The van der Waals surface area contributed by atoms with E-state index in [1.165, 1.54) is 11.3 Å². The van der Waals surface area contributed by atoms with Crippen molar-refractivity contribution in [1.82, 2.24) is 9.88 Å². The van der Waals surface area contributed by atoms with Crippen LogP contribution in [0.15, 0.2) is 11.6 Å². The minimum Gasteiger partial charge on any atom is -0.380 e. The number of likely N-dealkylation sites (tertiary alicyclic amines) is 1. The molecule has 1 unspecified atom stereocenters. The third-order valence-electron chi connectivity index (χ3n) is 4.98. The van der Waals surface area contributed by atoms with Gasteiger partial charge in [0.1, 0.15) is 10.6 Å². The monoisotopic (exact) mass is 308 g/mol. The molecule has 3 fully saturated rings. The Kier molecular flexibility index (Phi) is 3.10. The van der Waals surface area contributed by atoms with E-state index in [9.17, 15) is 9.90 Å². The van der Waals surface area contributed by atoms with E-state index in [1.807, 2.05) is 10.3 Å². The minimum absolute atomic E-state index is 0.277. The average Bonchev–Trinajstić information content (AvgIpc) is 3.07. The number of amides is 1. The van der Waals surface area contributed by atoms with Crippen LogP contribution in [-0.2, 0) is 15.1 Å². The lowest BCUT2D eigenvalue weighted by molar-refractivity contribution is -0.137. The normalized spacial score (nSPS) is 31.8. The van der Waals surface area contributed by atoms with Crippen LogP contribution in [0.3, 0.4) is 0 Å². The van der Waals surface area contributed by atoms with Crippen molar-refractivity contribution in [3.8, 4) is 0 Å². The van der Waals surface area contributed by atoms with E-state index >= 15 is 0 Å². The first kappa shape index (κ1) is 13.7. The van der Waals surface area contributed by atoms with Crippen molar-refractivity contribution < 1.29 is 14.6 Å². The number of piperidine rings is 1. The van der Waals surface area contributed by atoms with E-state index in [0.29, 0.717) is 18.9 Å². The summed E-state index contributed by atoms with van der Waals surface area (Å²) < 4.78 is 6.00. The first-order chi connectivity index (χ1) is 10.1. The van der Waals surface area contributed by atoms with Crippen LogP contribution in [0, 0.1) is 5.92 Å². The first-order valence-electron chi connectivity index (χ1n) is 7.65. The molecule has 3 heterocycles. The maximum absolute atomic E-state index is 12.1. The molecule has 2 aliphatic heterocycles. The molecule has 0 radical (unpaired) electrons. The van der Waals surface area contributed by atoms with Gasteiger partial charge in [0.2, 0.25) is 5.91 Å². The second-order valence-electron chi connectivity index (χ2n) is 6.62. The molecule has 1 aromatic rings. The number of hydrogen-bond acceptors (Lipinski definition) is 5. The number of hydrogen-bond donors (Lipinski definition) is 1. The lowest BCUT2D eigenvalue weighted by Crippen LogP contribution is -2.47. The molecular weight excluding hydrogens is 288 g/mol. The lowest BCUT2D eigenvalue weighted by Gasteiger charge is -2.39. The zero-order valence-corrected chi connectivity index (χ0v) is 12.8. The van der Waals surface area contributed by atoms with Crippen molar-refractivity contribution in [2.24, 2.45) is 5.92 Å². The Bertz CT molecular complexity index is 535. The van der Waals surface area contributed by atoms with Crippen molar-refractivity contribution >= 4 is 17.2 Å². The topological polar surface area (TPSA) is 62.7 Å². The maximum Gasteiger partial charge on any atom is 0.225 e. The van der Waals surface area contributed by atoms with Crippen LogP contribution in [0.25, 0.3) is 0 Å². The number of carbonyl (C=O) groups excluding carboxylic acids is 1. The van der Waals surface area contributed by atoms with Gasteiger partial charge in [-0.3, -0.25) is 4.79 Å². The number of thiazole rings is 1. The molecule has 6 heteroatoms. The summed E-state index contributed by atoms with van der Waals surface area (Å²) in [6.45, 7) is 1.82. The van der Waals surface area contributed by atoms with Crippen LogP contribution in [-0.4, -0.2) is 46.2 Å². The largest absolute Gasteiger partial charge is 0.380 e. The highest BCUT2D eigenvalue weighted by Gasteiger charge is 2.52. The maximum atomic E-state index is 12.1. The predicted molar refractivity (Wildman–Crippen MR) is 77.8 cm³/mol. The zero-order chi connectivity index (χ0) is 14.5. The Morgan fingerprint density at radius 3 is 2.81 bits per heavy atom. The molecule has 1 saturated carbocycles. The molecule has 114 valence electrons. The number of aliphatic hydroxyl groups is 1. The number of rotatable bonds is 2. The van der Waals surface area contributed by atoms with Crippen LogP contribution in [0.1, 0.15) is 37.1 Å². The zero-order valence-electron chi connectivity index (χ0n) is 12.0. The lowest BCUT2D eigenvalue weighted by atomic mass is 9.83. The van der Waals surface area contributed by atoms with Gasteiger partial charge in [0, 0.05) is 37.0 Å². The molecule has 0 aromatic carbocycles. The average molecular weight is 308 g/mol. The Morgan fingerprint density at radius 2 is 2.19 bits per heavy atom. The van der Waals surface area contributed by atoms with Gasteiger partial charge in [0.15, 0.2) is 0 Å². The van der Waals surface area contributed by atoms with Crippen LogP contribution < -0.4 is 0 Å². The van der Waals surface area contributed by atoms with Crippen molar-refractivity contribution in [3.63, 3.8) is 0 Å². The molecule has 1 N–H and O–H groups in total. The molecule has 1 atom stereocenters. The molecule has 3 aliphatic rings. The fraction of sp³-hybridized carbons (Fsp3) is 0.733. The number of ether oxygens (including phenoxy) is 1. The van der Waals surface area contributed by atoms with Crippen molar-refractivity contribution in [1.29, 1.82) is 0 Å². The van der Waals surface area contributed by atoms with Gasteiger partial charge in [-0.2, -0.15) is 0 Å². The summed E-state index contributed by atoms with van der Waals surface area (Å²) in [5.74, 6) is 0.605. The number of carbonyl (C=O) groups is 1. The first-order valence-corrected chi connectivity index (χ1v) is 8.53. The Morgan fingerprint density at radius 1 is 1.43 bits per heavy atom. The summed E-state index contributed by atoms with van der Waals surface area (Å²) >= 11 is 1.48. The summed E-state index contributed by atoms with van der Waals surface area (Å²) in [5, 5.41) is 13.4. The predicted octanol–water partition coefficient (Wildman–Crippen LogP) is 1.52. The summed E-state index contributed by atoms with van der Waals surface area (Å²) in [6.07, 6.45) is 6.07. The highest BCUT2D eigenvalue weighted by Crippen LogP contribution is 2.46. The van der Waals surface area contributed by atoms with E-state index in [1.54, 1.807) is 6.20 Å². The standard InChI is InChI=1S/C15H20N2O3S/c18-12(11-1-2-11)17-6-3-14(4-7-17)9-15(19,10-20-14)13-16-5-8-21-13/h5,8,11,19H,1-4,6-7,9-10H2. The molecule has 0 bridgehead atoms. The van der Waals surface area contributed by atoms with Crippen molar-refractivity contribution in [2.75, 3.05) is 19.7 Å². The fourth-order valence-corrected chi connectivity index (χ4v) is 4.27. The molecule has 1 amide bonds. The molecule has 5 nitrogen and oxygen atoms in total. The molecule has 21 heavy (non-hydrogen) atoms. The fourth-order valence-electron chi connectivity index (χ4n) is 3.54. The second-order valence-corrected chi connectivity index (χ2v) is 7.51. The summed E-state index contributed by atoms with van der Waals surface area (Å²) in [4.78, 5) is 18.3. The summed E-state index contributed by atoms with van der Waals surface area (Å²) in [5.41, 5.74) is -1.22. The van der Waals surface area contributed by atoms with E-state index < -0.39 is 5.60 Å². The summed E-state index contributed by atoms with van der Waals surface area (Å²) in [7, 11) is 0. The van der Waals surface area contributed by atoms with Gasteiger partial charge in [-0.05, 0) is 25.7 Å². The summed E-state index contributed by atoms with van der Waals surface area (Å²) in [6, 6.07) is 0. The molecule has 1 aromatic heterocycles. The highest BCUT2D eigenvalue weighted by atomic mass is 32.1. The van der Waals surface area contributed by atoms with Crippen LogP contribution in [0.4, 0.5) is 0 Å². The van der Waals surface area contributed by atoms with Gasteiger partial charge in [0.25, 0.3) is 0 Å². The Hall–Kier alpha value is -0.980. The van der Waals surface area contributed by atoms with Crippen molar-refractivity contribution in [3.05, 3.63) is 16.6 Å². The molecule has 1 aliphatic carbocycles. The van der Waals surface area contributed by atoms with E-state index in [4.69, 9.17) is 4.74 Å². The highest BCUT2D eigenvalue weighted by molar-refractivity contribution is 7.09. The van der Waals surface area contributed by atoms with Gasteiger partial charge in [-0.1, -0.05) is 0 Å².